The van der Waals surface area contributed by atoms with Gasteiger partial charge in [-0.1, -0.05) is 31.4 Å². The quantitative estimate of drug-likeness (QED) is 0.766. The summed E-state index contributed by atoms with van der Waals surface area (Å²) in [5.74, 6) is -0.665. The number of methoxy groups -OCH3 is 1. The van der Waals surface area contributed by atoms with Gasteiger partial charge in [0.2, 0.25) is 0 Å². The largest absolute Gasteiger partial charge is 0.469 e. The van der Waals surface area contributed by atoms with Crippen LogP contribution in [0.1, 0.15) is 49.1 Å². The maximum absolute atomic E-state index is 12.6. The molecule has 1 atom stereocenters. The molecule has 5 heteroatoms. The van der Waals surface area contributed by atoms with Crippen LogP contribution < -0.4 is 0 Å². The minimum atomic E-state index is -4.36. The van der Waals surface area contributed by atoms with E-state index in [-0.39, 0.29) is 11.9 Å². The summed E-state index contributed by atoms with van der Waals surface area (Å²) in [5.41, 5.74) is -0.0831. The third kappa shape index (κ3) is 3.77. The van der Waals surface area contributed by atoms with E-state index in [2.05, 4.69) is 0 Å². The van der Waals surface area contributed by atoms with E-state index >= 15 is 0 Å². The zero-order valence-electron chi connectivity index (χ0n) is 12.0. The van der Waals surface area contributed by atoms with Gasteiger partial charge in [0.05, 0.1) is 18.6 Å². The highest BCUT2D eigenvalue weighted by Gasteiger charge is 2.34. The Kier molecular flexibility index (Phi) is 4.91. The van der Waals surface area contributed by atoms with Gasteiger partial charge >= 0.3 is 12.1 Å². The standard InChI is InChI=1S/C16H19F3O2/c1-21-15(20)14(11-5-3-2-4-6-11)12-7-9-13(10-8-12)16(17,18)19/h7-11,14H,2-6H2,1H3/t14-/m1/s1. The molecule has 0 heterocycles. The van der Waals surface area contributed by atoms with E-state index in [9.17, 15) is 18.0 Å². The van der Waals surface area contributed by atoms with Crippen LogP contribution in [0.25, 0.3) is 0 Å². The summed E-state index contributed by atoms with van der Waals surface area (Å²) in [7, 11) is 1.32. The molecule has 0 amide bonds. The van der Waals surface area contributed by atoms with Crippen molar-refractivity contribution in [3.05, 3.63) is 35.4 Å². The number of ether oxygens (including phenoxy) is 1. The molecule has 0 aliphatic heterocycles. The number of rotatable bonds is 3. The van der Waals surface area contributed by atoms with Crippen LogP contribution in [0.5, 0.6) is 0 Å². The predicted octanol–water partition coefficient (Wildman–Crippen LogP) is 4.54. The number of carbonyl (C=O) groups is 1. The molecule has 0 radical (unpaired) electrons. The number of halogens is 3. The van der Waals surface area contributed by atoms with Crippen LogP contribution >= 0.6 is 0 Å². The van der Waals surface area contributed by atoms with Gasteiger partial charge < -0.3 is 4.74 Å². The summed E-state index contributed by atoms with van der Waals surface area (Å²) in [5, 5.41) is 0. The van der Waals surface area contributed by atoms with Crippen molar-refractivity contribution in [2.24, 2.45) is 5.92 Å². The Hall–Kier alpha value is -1.52. The van der Waals surface area contributed by atoms with Crippen LogP contribution in [0.15, 0.2) is 24.3 Å². The van der Waals surface area contributed by atoms with E-state index in [1.807, 2.05) is 0 Å². The Labute approximate surface area is 122 Å². The van der Waals surface area contributed by atoms with E-state index in [0.717, 1.165) is 44.2 Å². The monoisotopic (exact) mass is 300 g/mol. The smallest absolute Gasteiger partial charge is 0.416 e. The molecule has 0 spiro atoms. The molecule has 2 nitrogen and oxygen atoms in total. The first-order valence-corrected chi connectivity index (χ1v) is 7.18. The minimum absolute atomic E-state index is 0.155. The van der Waals surface area contributed by atoms with Crippen LogP contribution in [0, 0.1) is 5.92 Å². The van der Waals surface area contributed by atoms with Crippen molar-refractivity contribution in [1.82, 2.24) is 0 Å². The second-order valence-electron chi connectivity index (χ2n) is 5.52. The molecule has 1 aliphatic carbocycles. The number of hydrogen-bond acceptors (Lipinski definition) is 2. The maximum atomic E-state index is 12.6. The van der Waals surface area contributed by atoms with Crippen LogP contribution in [0.4, 0.5) is 13.2 Å². The van der Waals surface area contributed by atoms with Gasteiger partial charge in [0, 0.05) is 0 Å². The van der Waals surface area contributed by atoms with Crippen LogP contribution in [-0.4, -0.2) is 13.1 Å². The van der Waals surface area contributed by atoms with Gasteiger partial charge in [-0.3, -0.25) is 4.79 Å². The van der Waals surface area contributed by atoms with Crippen molar-refractivity contribution >= 4 is 5.97 Å². The molecule has 21 heavy (non-hydrogen) atoms. The Morgan fingerprint density at radius 1 is 1.14 bits per heavy atom. The Bertz CT molecular complexity index is 473. The fraction of sp³-hybridized carbons (Fsp3) is 0.562. The van der Waals surface area contributed by atoms with Crippen molar-refractivity contribution in [2.45, 2.75) is 44.2 Å². The molecule has 1 aromatic carbocycles. The molecule has 116 valence electrons. The lowest BCUT2D eigenvalue weighted by Crippen LogP contribution is -2.25. The average Bonchev–Trinajstić information content (AvgIpc) is 2.48. The van der Waals surface area contributed by atoms with Gasteiger partial charge in [-0.05, 0) is 36.5 Å². The SMILES string of the molecule is COC(=O)[C@@H](c1ccc(C(F)(F)F)cc1)C1CCCCC1. The van der Waals surface area contributed by atoms with Gasteiger partial charge in [0.25, 0.3) is 0 Å². The van der Waals surface area contributed by atoms with Gasteiger partial charge in [0.15, 0.2) is 0 Å². The average molecular weight is 300 g/mol. The lowest BCUT2D eigenvalue weighted by Gasteiger charge is -2.28. The van der Waals surface area contributed by atoms with Gasteiger partial charge in [-0.25, -0.2) is 0 Å². The van der Waals surface area contributed by atoms with Gasteiger partial charge in [-0.2, -0.15) is 13.2 Å². The normalized spacial score (nSPS) is 18.3. The summed E-state index contributed by atoms with van der Waals surface area (Å²) in [6.45, 7) is 0. The number of carbonyl (C=O) groups excluding carboxylic acids is 1. The molecule has 1 fully saturated rings. The molecular weight excluding hydrogens is 281 g/mol. The topological polar surface area (TPSA) is 26.3 Å². The molecule has 0 bridgehead atoms. The molecule has 2 rings (SSSR count). The van der Waals surface area contributed by atoms with Crippen LogP contribution in [0.2, 0.25) is 0 Å². The van der Waals surface area contributed by atoms with Crippen molar-refractivity contribution < 1.29 is 22.7 Å². The summed E-state index contributed by atoms with van der Waals surface area (Å²) in [6, 6.07) is 4.88. The van der Waals surface area contributed by atoms with E-state index in [1.165, 1.54) is 19.2 Å². The van der Waals surface area contributed by atoms with E-state index in [0.29, 0.717) is 5.56 Å². The van der Waals surface area contributed by atoms with Crippen LogP contribution in [0.3, 0.4) is 0 Å². The highest BCUT2D eigenvalue weighted by Crippen LogP contribution is 2.38. The predicted molar refractivity (Wildman–Crippen MR) is 72.8 cm³/mol. The van der Waals surface area contributed by atoms with Gasteiger partial charge in [-0.15, -0.1) is 0 Å². The molecule has 0 N–H and O–H groups in total. The van der Waals surface area contributed by atoms with E-state index < -0.39 is 17.7 Å². The van der Waals surface area contributed by atoms with Gasteiger partial charge in [0.1, 0.15) is 0 Å². The third-order valence-corrected chi connectivity index (χ3v) is 4.17. The second-order valence-corrected chi connectivity index (χ2v) is 5.52. The molecule has 1 saturated carbocycles. The molecule has 0 saturated heterocycles. The number of hydrogen-bond donors (Lipinski definition) is 0. The fourth-order valence-electron chi connectivity index (χ4n) is 3.07. The molecule has 0 aromatic heterocycles. The zero-order chi connectivity index (χ0) is 15.5. The Morgan fingerprint density at radius 3 is 2.19 bits per heavy atom. The molecule has 1 aromatic rings. The van der Waals surface area contributed by atoms with E-state index in [1.54, 1.807) is 0 Å². The first-order chi connectivity index (χ1) is 9.93. The molecule has 1 aliphatic rings. The second kappa shape index (κ2) is 6.50. The Morgan fingerprint density at radius 2 is 1.71 bits per heavy atom. The number of benzene rings is 1. The van der Waals surface area contributed by atoms with Crippen LogP contribution in [-0.2, 0) is 15.7 Å². The number of alkyl halides is 3. The van der Waals surface area contributed by atoms with Crippen molar-refractivity contribution in [3.8, 4) is 0 Å². The zero-order valence-corrected chi connectivity index (χ0v) is 12.0. The third-order valence-electron chi connectivity index (χ3n) is 4.17. The number of esters is 1. The first-order valence-electron chi connectivity index (χ1n) is 7.18. The van der Waals surface area contributed by atoms with Crippen molar-refractivity contribution in [1.29, 1.82) is 0 Å². The maximum Gasteiger partial charge on any atom is 0.416 e. The lowest BCUT2D eigenvalue weighted by molar-refractivity contribution is -0.144. The first kappa shape index (κ1) is 15.9. The van der Waals surface area contributed by atoms with E-state index in [4.69, 9.17) is 4.74 Å². The highest BCUT2D eigenvalue weighted by atomic mass is 19.4. The minimum Gasteiger partial charge on any atom is -0.469 e. The fourth-order valence-corrected chi connectivity index (χ4v) is 3.07. The summed E-state index contributed by atoms with van der Waals surface area (Å²) in [6.07, 6.45) is 0.737. The summed E-state index contributed by atoms with van der Waals surface area (Å²) in [4.78, 5) is 12.0. The van der Waals surface area contributed by atoms with Crippen molar-refractivity contribution in [3.63, 3.8) is 0 Å². The summed E-state index contributed by atoms with van der Waals surface area (Å²) < 4.78 is 42.7. The van der Waals surface area contributed by atoms with Crippen molar-refractivity contribution in [2.75, 3.05) is 7.11 Å². The highest BCUT2D eigenvalue weighted by molar-refractivity contribution is 5.78. The lowest BCUT2D eigenvalue weighted by atomic mass is 9.76. The Balaban J connectivity index is 2.26. The summed E-state index contributed by atoms with van der Waals surface area (Å²) >= 11 is 0. The molecular formula is C16H19F3O2. The molecule has 0 unspecified atom stereocenters.